The Balaban J connectivity index is 2.44. The summed E-state index contributed by atoms with van der Waals surface area (Å²) in [6.07, 6.45) is 3.90. The molecule has 0 saturated carbocycles. The molecule has 0 fully saturated rings. The Morgan fingerprint density at radius 1 is 1.28 bits per heavy atom. The van der Waals surface area contributed by atoms with E-state index >= 15 is 0 Å². The van der Waals surface area contributed by atoms with Gasteiger partial charge in [-0.15, -0.1) is 0 Å². The van der Waals surface area contributed by atoms with Crippen LogP contribution in [0.15, 0.2) is 36.7 Å². The minimum absolute atomic E-state index is 0.341. The van der Waals surface area contributed by atoms with E-state index < -0.39 is 0 Å². The highest BCUT2D eigenvalue weighted by Crippen LogP contribution is 2.26. The standard InChI is InChI=1S/C15H21N3/c1-4-16-12(3)13-8-6-7-9-14(13)15-17-10-11-18(15)5-2/h6-12,16H,4-5H2,1-3H3. The van der Waals surface area contributed by atoms with E-state index in [2.05, 4.69) is 59.9 Å². The molecule has 0 bridgehead atoms. The highest BCUT2D eigenvalue weighted by atomic mass is 15.1. The van der Waals surface area contributed by atoms with Gasteiger partial charge >= 0.3 is 0 Å². The van der Waals surface area contributed by atoms with Gasteiger partial charge in [0, 0.05) is 30.5 Å². The smallest absolute Gasteiger partial charge is 0.140 e. The summed E-state index contributed by atoms with van der Waals surface area (Å²) in [6.45, 7) is 8.38. The van der Waals surface area contributed by atoms with Crippen LogP contribution in [0.5, 0.6) is 0 Å². The summed E-state index contributed by atoms with van der Waals surface area (Å²) in [5.74, 6) is 1.05. The summed E-state index contributed by atoms with van der Waals surface area (Å²) < 4.78 is 2.18. The van der Waals surface area contributed by atoms with Crippen molar-refractivity contribution in [3.63, 3.8) is 0 Å². The summed E-state index contributed by atoms with van der Waals surface area (Å²) in [5.41, 5.74) is 2.53. The lowest BCUT2D eigenvalue weighted by molar-refractivity contribution is 0.598. The second-order valence-corrected chi connectivity index (χ2v) is 4.40. The predicted molar refractivity (Wildman–Crippen MR) is 75.4 cm³/mol. The zero-order valence-electron chi connectivity index (χ0n) is 11.4. The molecule has 1 unspecified atom stereocenters. The van der Waals surface area contributed by atoms with Crippen molar-refractivity contribution in [2.75, 3.05) is 6.54 Å². The van der Waals surface area contributed by atoms with Crippen LogP contribution in [-0.2, 0) is 6.54 Å². The lowest BCUT2D eigenvalue weighted by Gasteiger charge is -2.17. The fourth-order valence-corrected chi connectivity index (χ4v) is 2.30. The Kier molecular flexibility index (Phi) is 4.15. The van der Waals surface area contributed by atoms with Crippen LogP contribution in [0, 0.1) is 0 Å². The second-order valence-electron chi connectivity index (χ2n) is 4.40. The van der Waals surface area contributed by atoms with Crippen molar-refractivity contribution in [3.8, 4) is 11.4 Å². The lowest BCUT2D eigenvalue weighted by Crippen LogP contribution is -2.18. The van der Waals surface area contributed by atoms with Gasteiger partial charge in [-0.05, 0) is 26.0 Å². The molecular formula is C15H21N3. The lowest BCUT2D eigenvalue weighted by atomic mass is 10.0. The van der Waals surface area contributed by atoms with E-state index in [-0.39, 0.29) is 0 Å². The molecule has 96 valence electrons. The molecule has 1 atom stereocenters. The van der Waals surface area contributed by atoms with E-state index in [0.717, 1.165) is 18.9 Å². The first-order valence-electron chi connectivity index (χ1n) is 6.61. The third-order valence-electron chi connectivity index (χ3n) is 3.23. The molecule has 3 nitrogen and oxygen atoms in total. The average molecular weight is 243 g/mol. The fraction of sp³-hybridized carbons (Fsp3) is 0.400. The van der Waals surface area contributed by atoms with Crippen LogP contribution in [0.4, 0.5) is 0 Å². The highest BCUT2D eigenvalue weighted by molar-refractivity contribution is 5.61. The van der Waals surface area contributed by atoms with Crippen LogP contribution < -0.4 is 5.32 Å². The van der Waals surface area contributed by atoms with Crippen molar-refractivity contribution >= 4 is 0 Å². The third-order valence-corrected chi connectivity index (χ3v) is 3.23. The first-order chi connectivity index (χ1) is 8.77. The summed E-state index contributed by atoms with van der Waals surface area (Å²) in [5, 5.41) is 3.46. The maximum Gasteiger partial charge on any atom is 0.140 e. The first-order valence-corrected chi connectivity index (χ1v) is 6.61. The summed E-state index contributed by atoms with van der Waals surface area (Å²) in [7, 11) is 0. The molecule has 0 saturated heterocycles. The predicted octanol–water partition coefficient (Wildman–Crippen LogP) is 3.24. The van der Waals surface area contributed by atoms with E-state index in [1.54, 1.807) is 0 Å². The van der Waals surface area contributed by atoms with Crippen LogP contribution in [0.25, 0.3) is 11.4 Å². The van der Waals surface area contributed by atoms with Gasteiger partial charge < -0.3 is 9.88 Å². The maximum absolute atomic E-state index is 4.50. The number of nitrogens with one attached hydrogen (secondary N) is 1. The van der Waals surface area contributed by atoms with Crippen molar-refractivity contribution in [2.24, 2.45) is 0 Å². The van der Waals surface area contributed by atoms with E-state index in [0.29, 0.717) is 6.04 Å². The molecule has 2 aromatic rings. The van der Waals surface area contributed by atoms with Crippen LogP contribution in [0.3, 0.4) is 0 Å². The molecular weight excluding hydrogens is 222 g/mol. The Morgan fingerprint density at radius 3 is 2.78 bits per heavy atom. The summed E-state index contributed by atoms with van der Waals surface area (Å²) in [6, 6.07) is 8.83. The van der Waals surface area contributed by atoms with Crippen LogP contribution in [-0.4, -0.2) is 16.1 Å². The van der Waals surface area contributed by atoms with E-state index in [4.69, 9.17) is 0 Å². The molecule has 18 heavy (non-hydrogen) atoms. The molecule has 1 aromatic heterocycles. The van der Waals surface area contributed by atoms with Crippen LogP contribution in [0.2, 0.25) is 0 Å². The molecule has 0 aliphatic heterocycles. The average Bonchev–Trinajstić information content (AvgIpc) is 2.87. The van der Waals surface area contributed by atoms with Crippen molar-refractivity contribution < 1.29 is 0 Å². The molecule has 0 aliphatic carbocycles. The Hall–Kier alpha value is -1.61. The molecule has 0 aliphatic rings. The maximum atomic E-state index is 4.50. The van der Waals surface area contributed by atoms with Gasteiger partial charge in [0.2, 0.25) is 0 Å². The monoisotopic (exact) mass is 243 g/mol. The Morgan fingerprint density at radius 2 is 2.06 bits per heavy atom. The van der Waals surface area contributed by atoms with Crippen LogP contribution in [0.1, 0.15) is 32.4 Å². The van der Waals surface area contributed by atoms with Gasteiger partial charge in [-0.25, -0.2) is 4.98 Å². The number of aryl methyl sites for hydroxylation is 1. The van der Waals surface area contributed by atoms with E-state index in [1.807, 2.05) is 12.4 Å². The van der Waals surface area contributed by atoms with E-state index in [1.165, 1.54) is 11.1 Å². The molecule has 1 heterocycles. The first kappa shape index (κ1) is 12.8. The number of nitrogens with zero attached hydrogens (tertiary/aromatic N) is 2. The zero-order valence-corrected chi connectivity index (χ0v) is 11.4. The van der Waals surface area contributed by atoms with Gasteiger partial charge in [0.25, 0.3) is 0 Å². The van der Waals surface area contributed by atoms with Gasteiger partial charge in [-0.1, -0.05) is 31.2 Å². The number of imidazole rings is 1. The zero-order chi connectivity index (χ0) is 13.0. The van der Waals surface area contributed by atoms with Crippen molar-refractivity contribution in [2.45, 2.75) is 33.4 Å². The molecule has 1 N–H and O–H groups in total. The van der Waals surface area contributed by atoms with Crippen molar-refractivity contribution in [1.29, 1.82) is 0 Å². The molecule has 0 radical (unpaired) electrons. The SMILES string of the molecule is CCNC(C)c1ccccc1-c1nccn1CC. The van der Waals surface area contributed by atoms with Gasteiger partial charge in [0.05, 0.1) is 0 Å². The molecule has 1 aromatic carbocycles. The quantitative estimate of drug-likeness (QED) is 0.873. The molecule has 0 amide bonds. The largest absolute Gasteiger partial charge is 0.331 e. The highest BCUT2D eigenvalue weighted by Gasteiger charge is 2.13. The van der Waals surface area contributed by atoms with Gasteiger partial charge in [0.15, 0.2) is 0 Å². The van der Waals surface area contributed by atoms with Crippen molar-refractivity contribution in [1.82, 2.24) is 14.9 Å². The van der Waals surface area contributed by atoms with E-state index in [9.17, 15) is 0 Å². The molecule has 0 spiro atoms. The molecule has 2 rings (SSSR count). The fourth-order valence-electron chi connectivity index (χ4n) is 2.30. The van der Waals surface area contributed by atoms with Gasteiger partial charge in [0.1, 0.15) is 5.82 Å². The minimum Gasteiger partial charge on any atom is -0.331 e. The number of hydrogen-bond acceptors (Lipinski definition) is 2. The number of hydrogen-bond donors (Lipinski definition) is 1. The number of benzene rings is 1. The summed E-state index contributed by atoms with van der Waals surface area (Å²) >= 11 is 0. The van der Waals surface area contributed by atoms with Crippen molar-refractivity contribution in [3.05, 3.63) is 42.2 Å². The number of rotatable bonds is 5. The Bertz CT molecular complexity index is 502. The molecule has 3 heteroatoms. The van der Waals surface area contributed by atoms with Gasteiger partial charge in [-0.3, -0.25) is 0 Å². The third kappa shape index (κ3) is 2.46. The summed E-state index contributed by atoms with van der Waals surface area (Å²) in [4.78, 5) is 4.50. The second kappa shape index (κ2) is 5.83. The van der Waals surface area contributed by atoms with Crippen LogP contribution >= 0.6 is 0 Å². The van der Waals surface area contributed by atoms with Gasteiger partial charge in [-0.2, -0.15) is 0 Å². The normalized spacial score (nSPS) is 12.6. The Labute approximate surface area is 109 Å². The number of aromatic nitrogens is 2. The topological polar surface area (TPSA) is 29.9 Å². The minimum atomic E-state index is 0.341.